The minimum absolute atomic E-state index is 0.547. The van der Waals surface area contributed by atoms with Crippen molar-refractivity contribution in [3.8, 4) is 0 Å². The minimum Gasteiger partial charge on any atom is -0.293 e. The summed E-state index contributed by atoms with van der Waals surface area (Å²) in [6, 6.07) is 5.42. The molecule has 0 amide bonds. The average molecular weight is 204 g/mol. The highest BCUT2D eigenvalue weighted by molar-refractivity contribution is 5.28. The quantitative estimate of drug-likeness (QED) is 0.752. The van der Waals surface area contributed by atoms with E-state index in [4.69, 9.17) is 0 Å². The smallest absolute Gasteiger partial charge is 0.0607 e. The summed E-state index contributed by atoms with van der Waals surface area (Å²) in [5, 5.41) is 0. The topological polar surface area (TPSA) is 16.1 Å². The van der Waals surface area contributed by atoms with E-state index in [2.05, 4.69) is 36.7 Å². The fraction of sp³-hybridized carbons (Fsp3) is 0.615. The standard InChI is InChI=1S/C13H20N2/c1-4-15(10(2)3)12-8-7-11-6-5-9-14-13(11)12/h5-6,9-10,12H,4,7-8H2,1-3H3. The van der Waals surface area contributed by atoms with Crippen molar-refractivity contribution >= 4 is 0 Å². The van der Waals surface area contributed by atoms with Crippen LogP contribution in [0.2, 0.25) is 0 Å². The van der Waals surface area contributed by atoms with E-state index in [0.717, 1.165) is 6.54 Å². The van der Waals surface area contributed by atoms with Crippen LogP contribution in [0.3, 0.4) is 0 Å². The Bertz CT molecular complexity index is 333. The van der Waals surface area contributed by atoms with Crippen LogP contribution >= 0.6 is 0 Å². The second kappa shape index (κ2) is 4.31. The zero-order chi connectivity index (χ0) is 10.8. The van der Waals surface area contributed by atoms with E-state index in [9.17, 15) is 0 Å². The third-order valence-corrected chi connectivity index (χ3v) is 3.36. The van der Waals surface area contributed by atoms with Gasteiger partial charge >= 0.3 is 0 Å². The van der Waals surface area contributed by atoms with Gasteiger partial charge in [-0.05, 0) is 44.9 Å². The van der Waals surface area contributed by atoms with Gasteiger partial charge in [0, 0.05) is 12.2 Å². The predicted octanol–water partition coefficient (Wildman–Crippen LogP) is 2.80. The van der Waals surface area contributed by atoms with Crippen molar-refractivity contribution in [2.24, 2.45) is 0 Å². The van der Waals surface area contributed by atoms with Gasteiger partial charge in [0.1, 0.15) is 0 Å². The number of rotatable bonds is 3. The second-order valence-corrected chi connectivity index (χ2v) is 4.53. The van der Waals surface area contributed by atoms with Gasteiger partial charge < -0.3 is 0 Å². The molecule has 1 heterocycles. The van der Waals surface area contributed by atoms with E-state index < -0.39 is 0 Å². The summed E-state index contributed by atoms with van der Waals surface area (Å²) in [6.07, 6.45) is 4.35. The first kappa shape index (κ1) is 10.6. The summed E-state index contributed by atoms with van der Waals surface area (Å²) < 4.78 is 0. The summed E-state index contributed by atoms with van der Waals surface area (Å²) in [4.78, 5) is 7.09. The highest BCUT2D eigenvalue weighted by atomic mass is 15.2. The van der Waals surface area contributed by atoms with Crippen LogP contribution in [-0.2, 0) is 6.42 Å². The molecule has 1 atom stereocenters. The highest BCUT2D eigenvalue weighted by Gasteiger charge is 2.29. The van der Waals surface area contributed by atoms with E-state index in [1.807, 2.05) is 12.3 Å². The first-order valence-corrected chi connectivity index (χ1v) is 5.93. The first-order chi connectivity index (χ1) is 7.24. The van der Waals surface area contributed by atoms with Gasteiger partial charge in [-0.25, -0.2) is 0 Å². The van der Waals surface area contributed by atoms with E-state index >= 15 is 0 Å². The van der Waals surface area contributed by atoms with Crippen LogP contribution in [0.25, 0.3) is 0 Å². The van der Waals surface area contributed by atoms with Gasteiger partial charge in [0.05, 0.1) is 11.7 Å². The maximum Gasteiger partial charge on any atom is 0.0607 e. The molecule has 0 N–H and O–H groups in total. The fourth-order valence-corrected chi connectivity index (χ4v) is 2.66. The third kappa shape index (κ3) is 1.91. The Balaban J connectivity index is 2.26. The number of aromatic nitrogens is 1. The number of hydrogen-bond acceptors (Lipinski definition) is 2. The monoisotopic (exact) mass is 204 g/mol. The van der Waals surface area contributed by atoms with E-state index in [1.54, 1.807) is 0 Å². The van der Waals surface area contributed by atoms with Gasteiger partial charge in [-0.1, -0.05) is 13.0 Å². The van der Waals surface area contributed by atoms with Crippen LogP contribution in [0.1, 0.15) is 44.5 Å². The van der Waals surface area contributed by atoms with Crippen LogP contribution < -0.4 is 0 Å². The highest BCUT2D eigenvalue weighted by Crippen LogP contribution is 2.34. The third-order valence-electron chi connectivity index (χ3n) is 3.36. The number of aryl methyl sites for hydroxylation is 1. The van der Waals surface area contributed by atoms with Crippen molar-refractivity contribution in [1.29, 1.82) is 0 Å². The molecule has 1 aromatic heterocycles. The molecule has 1 aliphatic rings. The van der Waals surface area contributed by atoms with Crippen molar-refractivity contribution in [3.63, 3.8) is 0 Å². The maximum absolute atomic E-state index is 4.55. The minimum atomic E-state index is 0.547. The molecule has 2 nitrogen and oxygen atoms in total. The molecule has 1 aromatic rings. The van der Waals surface area contributed by atoms with Gasteiger partial charge in [-0.3, -0.25) is 9.88 Å². The molecule has 1 aliphatic carbocycles. The summed E-state index contributed by atoms with van der Waals surface area (Å²) in [5.74, 6) is 0. The van der Waals surface area contributed by atoms with Crippen LogP contribution in [0.15, 0.2) is 18.3 Å². The lowest BCUT2D eigenvalue weighted by Crippen LogP contribution is -2.34. The van der Waals surface area contributed by atoms with Crippen molar-refractivity contribution in [2.45, 2.75) is 45.7 Å². The zero-order valence-electron chi connectivity index (χ0n) is 9.90. The van der Waals surface area contributed by atoms with Crippen molar-refractivity contribution in [3.05, 3.63) is 29.6 Å². The van der Waals surface area contributed by atoms with Gasteiger partial charge in [-0.2, -0.15) is 0 Å². The molecule has 0 aromatic carbocycles. The van der Waals surface area contributed by atoms with E-state index in [0.29, 0.717) is 12.1 Å². The molecule has 2 rings (SSSR count). The lowest BCUT2D eigenvalue weighted by atomic mass is 10.1. The SMILES string of the molecule is CCN(C(C)C)C1CCc2cccnc21. The Kier molecular flexibility index (Phi) is 3.06. The van der Waals surface area contributed by atoms with E-state index in [-0.39, 0.29) is 0 Å². The maximum atomic E-state index is 4.55. The number of pyridine rings is 1. The largest absolute Gasteiger partial charge is 0.293 e. The lowest BCUT2D eigenvalue weighted by Gasteiger charge is -2.31. The molecule has 0 saturated carbocycles. The molecule has 15 heavy (non-hydrogen) atoms. The fourth-order valence-electron chi connectivity index (χ4n) is 2.66. The molecule has 0 fully saturated rings. The Hall–Kier alpha value is -0.890. The summed E-state index contributed by atoms with van der Waals surface area (Å²) >= 11 is 0. The van der Waals surface area contributed by atoms with Crippen LogP contribution in [-0.4, -0.2) is 22.5 Å². The predicted molar refractivity (Wildman–Crippen MR) is 62.8 cm³/mol. The van der Waals surface area contributed by atoms with Crippen LogP contribution in [0.4, 0.5) is 0 Å². The number of fused-ring (bicyclic) bond motifs is 1. The molecule has 82 valence electrons. The Labute approximate surface area is 92.3 Å². The van der Waals surface area contributed by atoms with Crippen molar-refractivity contribution in [2.75, 3.05) is 6.54 Å². The van der Waals surface area contributed by atoms with Gasteiger partial charge in [-0.15, -0.1) is 0 Å². The van der Waals surface area contributed by atoms with Gasteiger partial charge in [0.25, 0.3) is 0 Å². The molecule has 0 saturated heterocycles. The van der Waals surface area contributed by atoms with Crippen LogP contribution in [0, 0.1) is 0 Å². The van der Waals surface area contributed by atoms with Crippen molar-refractivity contribution in [1.82, 2.24) is 9.88 Å². The number of nitrogens with zero attached hydrogens (tertiary/aromatic N) is 2. The molecular weight excluding hydrogens is 184 g/mol. The lowest BCUT2D eigenvalue weighted by molar-refractivity contribution is 0.159. The summed E-state index contributed by atoms with van der Waals surface area (Å²) in [6.45, 7) is 7.88. The molecule has 0 bridgehead atoms. The first-order valence-electron chi connectivity index (χ1n) is 5.93. The molecule has 2 heteroatoms. The normalized spacial score (nSPS) is 19.9. The second-order valence-electron chi connectivity index (χ2n) is 4.53. The molecule has 1 unspecified atom stereocenters. The average Bonchev–Trinajstić information content (AvgIpc) is 2.63. The zero-order valence-corrected chi connectivity index (χ0v) is 9.90. The van der Waals surface area contributed by atoms with Crippen LogP contribution in [0.5, 0.6) is 0 Å². The Morgan fingerprint density at radius 2 is 2.33 bits per heavy atom. The van der Waals surface area contributed by atoms with E-state index in [1.165, 1.54) is 24.1 Å². The van der Waals surface area contributed by atoms with Gasteiger partial charge in [0.2, 0.25) is 0 Å². The number of hydrogen-bond donors (Lipinski definition) is 0. The molecule has 0 radical (unpaired) electrons. The molecule has 0 aliphatic heterocycles. The molecule has 0 spiro atoms. The Morgan fingerprint density at radius 3 is 3.00 bits per heavy atom. The summed E-state index contributed by atoms with van der Waals surface area (Å²) in [5.41, 5.74) is 2.76. The van der Waals surface area contributed by atoms with Gasteiger partial charge in [0.15, 0.2) is 0 Å². The molecular formula is C13H20N2. The van der Waals surface area contributed by atoms with Crippen molar-refractivity contribution < 1.29 is 0 Å². The summed E-state index contributed by atoms with van der Waals surface area (Å²) in [7, 11) is 0. The Morgan fingerprint density at radius 1 is 1.53 bits per heavy atom.